The second-order valence-electron chi connectivity index (χ2n) is 6.32. The number of rotatable bonds is 8. The highest BCUT2D eigenvalue weighted by molar-refractivity contribution is 5.90. The molecule has 0 atom stereocenters. The van der Waals surface area contributed by atoms with E-state index in [1.807, 2.05) is 24.3 Å². The first-order chi connectivity index (χ1) is 13.2. The van der Waals surface area contributed by atoms with E-state index in [0.717, 1.165) is 44.0 Å². The number of carbonyl (C=O) groups is 1. The lowest BCUT2D eigenvalue weighted by Gasteiger charge is -2.32. The second-order valence-corrected chi connectivity index (χ2v) is 6.32. The largest absolute Gasteiger partial charge is 0.493 e. The summed E-state index contributed by atoms with van der Waals surface area (Å²) in [6, 6.07) is 9.58. The van der Waals surface area contributed by atoms with Crippen LogP contribution in [0.4, 0.5) is 5.95 Å². The maximum absolute atomic E-state index is 11.3. The molecule has 3 rings (SSSR count). The van der Waals surface area contributed by atoms with Crippen molar-refractivity contribution >= 4 is 24.3 Å². The summed E-state index contributed by atoms with van der Waals surface area (Å²) >= 11 is 0. The molecule has 0 radical (unpaired) electrons. The van der Waals surface area contributed by atoms with E-state index in [1.54, 1.807) is 13.3 Å². The summed E-state index contributed by atoms with van der Waals surface area (Å²) in [6.07, 6.45) is 3.51. The Morgan fingerprint density at radius 3 is 2.64 bits per heavy atom. The van der Waals surface area contributed by atoms with Crippen LogP contribution in [0.15, 0.2) is 36.5 Å². The molecule has 8 nitrogen and oxygen atoms in total. The van der Waals surface area contributed by atoms with Crippen molar-refractivity contribution in [1.82, 2.24) is 15.3 Å². The molecule has 1 aromatic heterocycles. The van der Waals surface area contributed by atoms with Crippen LogP contribution in [0.25, 0.3) is 0 Å². The Labute approximate surface area is 170 Å². The molecule has 1 aliphatic heterocycles. The molecule has 28 heavy (non-hydrogen) atoms. The Balaban J connectivity index is 0.00000280. The Morgan fingerprint density at radius 1 is 1.25 bits per heavy atom. The van der Waals surface area contributed by atoms with Crippen LogP contribution in [-0.4, -0.2) is 55.3 Å². The number of ether oxygens (including phenoxy) is 2. The molecule has 3 N–H and O–H groups in total. The van der Waals surface area contributed by atoms with Crippen LogP contribution < -0.4 is 25.4 Å². The minimum atomic E-state index is -0.537. The van der Waals surface area contributed by atoms with E-state index >= 15 is 0 Å². The zero-order valence-corrected chi connectivity index (χ0v) is 16.7. The fraction of sp³-hybridized carbons (Fsp3) is 0.421. The highest BCUT2D eigenvalue weighted by atomic mass is 35.5. The number of anilines is 1. The summed E-state index contributed by atoms with van der Waals surface area (Å²) in [5, 5.41) is 3.52. The Kier molecular flexibility index (Phi) is 8.28. The first-order valence-corrected chi connectivity index (χ1v) is 9.04. The number of methoxy groups -OCH3 is 1. The molecule has 9 heteroatoms. The number of hydrogen-bond acceptors (Lipinski definition) is 7. The van der Waals surface area contributed by atoms with E-state index in [-0.39, 0.29) is 18.1 Å². The molecular weight excluding hydrogens is 382 g/mol. The molecule has 0 spiro atoms. The number of piperidine rings is 1. The summed E-state index contributed by atoms with van der Waals surface area (Å²) in [5.41, 5.74) is 5.53. The monoisotopic (exact) mass is 407 g/mol. The number of primary amides is 1. The number of benzene rings is 1. The highest BCUT2D eigenvalue weighted by Crippen LogP contribution is 2.25. The van der Waals surface area contributed by atoms with Crippen molar-refractivity contribution in [3.8, 4) is 11.5 Å². The van der Waals surface area contributed by atoms with Gasteiger partial charge < -0.3 is 25.4 Å². The van der Waals surface area contributed by atoms with E-state index in [9.17, 15) is 4.79 Å². The highest BCUT2D eigenvalue weighted by Gasteiger charge is 2.21. The van der Waals surface area contributed by atoms with E-state index in [4.69, 9.17) is 15.2 Å². The number of para-hydroxylation sites is 2. The maximum atomic E-state index is 11.3. The van der Waals surface area contributed by atoms with Gasteiger partial charge in [-0.3, -0.25) is 4.79 Å². The number of halogens is 1. The number of nitrogens with two attached hydrogens (primary N) is 1. The molecular formula is C19H26ClN5O3. The summed E-state index contributed by atoms with van der Waals surface area (Å²) in [4.78, 5) is 21.8. The lowest BCUT2D eigenvalue weighted by Crippen LogP contribution is -2.44. The van der Waals surface area contributed by atoms with Gasteiger partial charge in [0.1, 0.15) is 12.3 Å². The van der Waals surface area contributed by atoms with Crippen molar-refractivity contribution in [1.29, 1.82) is 0 Å². The Morgan fingerprint density at radius 2 is 1.96 bits per heavy atom. The van der Waals surface area contributed by atoms with Gasteiger partial charge in [0, 0.05) is 31.9 Å². The molecule has 0 aliphatic carbocycles. The van der Waals surface area contributed by atoms with Crippen molar-refractivity contribution in [3.05, 3.63) is 42.2 Å². The Bertz CT molecular complexity index is 769. The molecule has 1 amide bonds. The smallest absolute Gasteiger partial charge is 0.267 e. The Hall–Kier alpha value is -2.58. The lowest BCUT2D eigenvalue weighted by atomic mass is 10.1. The average Bonchev–Trinajstić information content (AvgIpc) is 2.72. The van der Waals surface area contributed by atoms with Crippen LogP contribution >= 0.6 is 12.4 Å². The van der Waals surface area contributed by atoms with E-state index in [0.29, 0.717) is 18.6 Å². The van der Waals surface area contributed by atoms with Crippen LogP contribution in [0, 0.1) is 0 Å². The second kappa shape index (κ2) is 10.7. The summed E-state index contributed by atoms with van der Waals surface area (Å²) in [7, 11) is 1.64. The number of aromatic nitrogens is 2. The van der Waals surface area contributed by atoms with Gasteiger partial charge in [0.15, 0.2) is 11.5 Å². The predicted octanol–water partition coefficient (Wildman–Crippen LogP) is 1.64. The topological polar surface area (TPSA) is 103 Å². The first kappa shape index (κ1) is 21.7. The summed E-state index contributed by atoms with van der Waals surface area (Å²) in [5.74, 6) is 1.52. The maximum Gasteiger partial charge on any atom is 0.267 e. The molecule has 1 aliphatic rings. The third-order valence-electron chi connectivity index (χ3n) is 4.53. The summed E-state index contributed by atoms with van der Waals surface area (Å²) in [6.45, 7) is 2.99. The van der Waals surface area contributed by atoms with Crippen molar-refractivity contribution in [2.45, 2.75) is 18.9 Å². The fourth-order valence-corrected chi connectivity index (χ4v) is 3.08. The first-order valence-electron chi connectivity index (χ1n) is 9.04. The van der Waals surface area contributed by atoms with Crippen molar-refractivity contribution < 1.29 is 14.3 Å². The predicted molar refractivity (Wildman–Crippen MR) is 110 cm³/mol. The number of nitrogens with zero attached hydrogens (tertiary/aromatic N) is 3. The molecule has 1 saturated heterocycles. The molecule has 152 valence electrons. The van der Waals surface area contributed by atoms with Crippen molar-refractivity contribution in [2.75, 3.05) is 38.3 Å². The van der Waals surface area contributed by atoms with Gasteiger partial charge in [0.25, 0.3) is 5.91 Å². The van der Waals surface area contributed by atoms with Gasteiger partial charge in [0.05, 0.1) is 7.11 Å². The van der Waals surface area contributed by atoms with Crippen LogP contribution in [0.5, 0.6) is 11.5 Å². The minimum Gasteiger partial charge on any atom is -0.493 e. The lowest BCUT2D eigenvalue weighted by molar-refractivity contribution is 0.0995. The van der Waals surface area contributed by atoms with Crippen LogP contribution in [-0.2, 0) is 0 Å². The number of amides is 1. The average molecular weight is 408 g/mol. The minimum absolute atomic E-state index is 0. The molecule has 1 aromatic carbocycles. The molecule has 2 heterocycles. The van der Waals surface area contributed by atoms with Gasteiger partial charge >= 0.3 is 0 Å². The standard InChI is InChI=1S/C19H25N5O3.ClH/c1-26-16-4-2-3-5-17(16)27-13-10-21-14-7-11-24(12-8-14)19-22-9-6-15(23-19)18(20)25;/h2-6,9,14,21H,7-8,10-13H2,1H3,(H2,20,25);1H. The SMILES string of the molecule is COc1ccccc1OCCNC1CCN(c2nccc(C(N)=O)n2)CC1.Cl. The molecule has 2 aromatic rings. The van der Waals surface area contributed by atoms with Gasteiger partial charge in [0.2, 0.25) is 5.95 Å². The quantitative estimate of drug-likeness (QED) is 0.641. The van der Waals surface area contributed by atoms with Gasteiger partial charge in [-0.1, -0.05) is 12.1 Å². The van der Waals surface area contributed by atoms with E-state index in [1.165, 1.54) is 6.07 Å². The van der Waals surface area contributed by atoms with Gasteiger partial charge in [-0.05, 0) is 31.0 Å². The number of carbonyl (C=O) groups excluding carboxylic acids is 1. The van der Waals surface area contributed by atoms with Crippen LogP contribution in [0.3, 0.4) is 0 Å². The van der Waals surface area contributed by atoms with Crippen molar-refractivity contribution in [3.63, 3.8) is 0 Å². The van der Waals surface area contributed by atoms with E-state index < -0.39 is 5.91 Å². The van der Waals surface area contributed by atoms with Gasteiger partial charge in [-0.2, -0.15) is 0 Å². The molecule has 1 fully saturated rings. The third kappa shape index (κ3) is 5.71. The fourth-order valence-electron chi connectivity index (χ4n) is 3.08. The van der Waals surface area contributed by atoms with Gasteiger partial charge in [-0.15, -0.1) is 12.4 Å². The van der Waals surface area contributed by atoms with Crippen LogP contribution in [0.1, 0.15) is 23.3 Å². The van der Waals surface area contributed by atoms with Gasteiger partial charge in [-0.25, -0.2) is 9.97 Å². The zero-order chi connectivity index (χ0) is 19.1. The zero-order valence-electron chi connectivity index (χ0n) is 15.8. The van der Waals surface area contributed by atoms with Crippen molar-refractivity contribution in [2.24, 2.45) is 5.73 Å². The third-order valence-corrected chi connectivity index (χ3v) is 4.53. The normalized spacial score (nSPS) is 14.2. The molecule has 0 saturated carbocycles. The van der Waals surface area contributed by atoms with Crippen LogP contribution in [0.2, 0.25) is 0 Å². The molecule has 0 unspecified atom stereocenters. The van der Waals surface area contributed by atoms with E-state index in [2.05, 4.69) is 20.2 Å². The summed E-state index contributed by atoms with van der Waals surface area (Å²) < 4.78 is 11.1. The number of hydrogen-bond donors (Lipinski definition) is 2. The molecule has 0 bridgehead atoms. The number of nitrogens with one attached hydrogen (secondary N) is 1.